The molecule has 1 aliphatic rings. The summed E-state index contributed by atoms with van der Waals surface area (Å²) in [6, 6.07) is 13.0. The molecule has 1 aliphatic heterocycles. The van der Waals surface area contributed by atoms with Gasteiger partial charge in [-0.1, -0.05) is 23.7 Å². The number of ether oxygens (including phenoxy) is 3. The molecular formula is C24H25ClN2O4S. The van der Waals surface area contributed by atoms with Gasteiger partial charge in [-0.15, -0.1) is 11.3 Å². The highest BCUT2D eigenvalue weighted by atomic mass is 35.5. The molecule has 6 nitrogen and oxygen atoms in total. The molecule has 2 heterocycles. The van der Waals surface area contributed by atoms with E-state index in [4.69, 9.17) is 25.8 Å². The van der Waals surface area contributed by atoms with Crippen LogP contribution in [0.1, 0.15) is 25.5 Å². The van der Waals surface area contributed by atoms with Crippen LogP contribution in [0.2, 0.25) is 5.02 Å². The summed E-state index contributed by atoms with van der Waals surface area (Å²) in [7, 11) is 0. The Bertz CT molecular complexity index is 1070. The number of thiazole rings is 1. The highest BCUT2D eigenvalue weighted by Gasteiger charge is 2.18. The van der Waals surface area contributed by atoms with Crippen molar-refractivity contribution >= 4 is 34.5 Å². The molecule has 3 aromatic rings. The molecule has 1 atom stereocenters. The van der Waals surface area contributed by atoms with E-state index in [1.807, 2.05) is 36.6 Å². The Labute approximate surface area is 196 Å². The smallest absolute Gasteiger partial charge is 0.230 e. The van der Waals surface area contributed by atoms with Crippen LogP contribution >= 0.6 is 22.9 Å². The number of nitrogens with zero attached hydrogens (tertiary/aromatic N) is 1. The van der Waals surface area contributed by atoms with Crippen molar-refractivity contribution in [2.75, 3.05) is 25.1 Å². The lowest BCUT2D eigenvalue weighted by atomic mass is 10.2. The van der Waals surface area contributed by atoms with Gasteiger partial charge < -0.3 is 19.5 Å². The number of hydrogen-bond acceptors (Lipinski definition) is 6. The van der Waals surface area contributed by atoms with Gasteiger partial charge in [0.25, 0.3) is 0 Å². The average molecular weight is 473 g/mol. The van der Waals surface area contributed by atoms with E-state index >= 15 is 0 Å². The second-order valence-electron chi connectivity index (χ2n) is 7.38. The van der Waals surface area contributed by atoms with Crippen molar-refractivity contribution in [3.8, 4) is 22.1 Å². The van der Waals surface area contributed by atoms with Crippen LogP contribution in [0.25, 0.3) is 10.6 Å². The van der Waals surface area contributed by atoms with Gasteiger partial charge in [0.2, 0.25) is 5.91 Å². The molecule has 32 heavy (non-hydrogen) atoms. The van der Waals surface area contributed by atoms with Gasteiger partial charge in [-0.05, 0) is 50.1 Å². The molecule has 4 rings (SSSR count). The Balaban J connectivity index is 1.42. The summed E-state index contributed by atoms with van der Waals surface area (Å²) in [5, 5.41) is 6.14. The zero-order chi connectivity index (χ0) is 22.3. The van der Waals surface area contributed by atoms with Gasteiger partial charge in [-0.2, -0.15) is 0 Å². The topological polar surface area (TPSA) is 69.7 Å². The quantitative estimate of drug-likeness (QED) is 0.439. The molecule has 0 aliphatic carbocycles. The van der Waals surface area contributed by atoms with Gasteiger partial charge in [-0.25, -0.2) is 4.98 Å². The molecular weight excluding hydrogens is 448 g/mol. The third-order valence-electron chi connectivity index (χ3n) is 4.98. The first kappa shape index (κ1) is 22.6. The van der Waals surface area contributed by atoms with E-state index in [9.17, 15) is 4.79 Å². The second-order valence-corrected chi connectivity index (χ2v) is 8.68. The van der Waals surface area contributed by atoms with Gasteiger partial charge in [0, 0.05) is 17.0 Å². The summed E-state index contributed by atoms with van der Waals surface area (Å²) < 4.78 is 17.2. The van der Waals surface area contributed by atoms with Gasteiger partial charge >= 0.3 is 0 Å². The van der Waals surface area contributed by atoms with E-state index in [0.717, 1.165) is 35.8 Å². The number of nitrogens with one attached hydrogen (secondary N) is 1. The fourth-order valence-electron chi connectivity index (χ4n) is 3.48. The number of rotatable bonds is 9. The first-order valence-electron chi connectivity index (χ1n) is 10.6. The minimum Gasteiger partial charge on any atom is -0.493 e. The van der Waals surface area contributed by atoms with E-state index in [1.54, 1.807) is 18.2 Å². The molecule has 0 spiro atoms. The van der Waals surface area contributed by atoms with Crippen molar-refractivity contribution in [3.05, 3.63) is 58.6 Å². The van der Waals surface area contributed by atoms with Crippen molar-refractivity contribution in [3.63, 3.8) is 0 Å². The van der Waals surface area contributed by atoms with Crippen LogP contribution in [0.5, 0.6) is 11.5 Å². The molecule has 168 valence electrons. The fourth-order valence-corrected chi connectivity index (χ4v) is 4.50. The maximum absolute atomic E-state index is 12.7. The molecule has 1 N–H and O–H groups in total. The van der Waals surface area contributed by atoms with Crippen molar-refractivity contribution in [2.24, 2.45) is 0 Å². The van der Waals surface area contributed by atoms with Crippen LogP contribution in [0, 0.1) is 0 Å². The summed E-state index contributed by atoms with van der Waals surface area (Å²) in [5.41, 5.74) is 2.15. The Morgan fingerprint density at radius 2 is 2.12 bits per heavy atom. The molecule has 1 amide bonds. The number of para-hydroxylation sites is 1. The second kappa shape index (κ2) is 10.8. The summed E-state index contributed by atoms with van der Waals surface area (Å²) in [6.45, 7) is 3.74. The van der Waals surface area contributed by atoms with Crippen LogP contribution in [-0.4, -0.2) is 36.8 Å². The average Bonchev–Trinajstić information content (AvgIpc) is 3.46. The lowest BCUT2D eigenvalue weighted by Gasteiger charge is -2.15. The summed E-state index contributed by atoms with van der Waals surface area (Å²) in [5.74, 6) is 1.17. The van der Waals surface area contributed by atoms with E-state index in [2.05, 4.69) is 10.3 Å². The van der Waals surface area contributed by atoms with Crippen molar-refractivity contribution < 1.29 is 19.0 Å². The molecule has 1 unspecified atom stereocenters. The predicted molar refractivity (Wildman–Crippen MR) is 127 cm³/mol. The Morgan fingerprint density at radius 3 is 2.94 bits per heavy atom. The van der Waals surface area contributed by atoms with Crippen LogP contribution < -0.4 is 14.8 Å². The van der Waals surface area contributed by atoms with E-state index in [-0.39, 0.29) is 18.4 Å². The van der Waals surface area contributed by atoms with Crippen LogP contribution in [0.15, 0.2) is 47.8 Å². The van der Waals surface area contributed by atoms with Crippen LogP contribution in [-0.2, 0) is 16.0 Å². The van der Waals surface area contributed by atoms with Gasteiger partial charge in [0.15, 0.2) is 0 Å². The van der Waals surface area contributed by atoms with Gasteiger partial charge in [0.1, 0.15) is 23.1 Å². The standard InChI is InChI=1S/C24H25ClN2O4S/c1-2-29-21-8-4-3-7-19(21)24-26-17(15-32-24)13-23(28)27-20-12-16(25)9-10-22(20)31-14-18-6-5-11-30-18/h3-4,7-10,12,15,18H,2,5-6,11,13-14H2,1H3,(H,27,28). The van der Waals surface area contributed by atoms with Crippen LogP contribution in [0.4, 0.5) is 5.69 Å². The lowest BCUT2D eigenvalue weighted by molar-refractivity contribution is -0.115. The highest BCUT2D eigenvalue weighted by molar-refractivity contribution is 7.13. The van der Waals surface area contributed by atoms with Gasteiger partial charge in [-0.3, -0.25) is 4.79 Å². The maximum atomic E-state index is 12.7. The normalized spacial score (nSPS) is 15.5. The first-order valence-corrected chi connectivity index (χ1v) is 11.9. The Morgan fingerprint density at radius 1 is 1.25 bits per heavy atom. The minimum absolute atomic E-state index is 0.0854. The predicted octanol–water partition coefficient (Wildman–Crippen LogP) is 5.60. The van der Waals surface area contributed by atoms with Crippen molar-refractivity contribution in [1.82, 2.24) is 4.98 Å². The minimum atomic E-state index is -0.191. The molecule has 0 bridgehead atoms. The molecule has 1 saturated heterocycles. The number of halogens is 1. The number of carbonyl (C=O) groups is 1. The molecule has 0 saturated carbocycles. The third-order valence-corrected chi connectivity index (χ3v) is 6.13. The first-order chi connectivity index (χ1) is 15.6. The number of amides is 1. The summed E-state index contributed by atoms with van der Waals surface area (Å²) >= 11 is 7.63. The third kappa shape index (κ3) is 5.79. The molecule has 1 fully saturated rings. The number of carbonyl (C=O) groups excluding carboxylic acids is 1. The molecule has 1 aromatic heterocycles. The van der Waals surface area contributed by atoms with E-state index in [0.29, 0.717) is 35.4 Å². The van der Waals surface area contributed by atoms with Gasteiger partial charge in [0.05, 0.1) is 36.1 Å². The zero-order valence-corrected chi connectivity index (χ0v) is 19.4. The Kier molecular flexibility index (Phi) is 7.63. The number of hydrogen-bond donors (Lipinski definition) is 1. The number of anilines is 1. The van der Waals surface area contributed by atoms with E-state index < -0.39 is 0 Å². The number of benzene rings is 2. The number of aromatic nitrogens is 1. The molecule has 0 radical (unpaired) electrons. The molecule has 8 heteroatoms. The zero-order valence-electron chi connectivity index (χ0n) is 17.8. The summed E-state index contributed by atoms with van der Waals surface area (Å²) in [6.07, 6.45) is 2.25. The van der Waals surface area contributed by atoms with Crippen molar-refractivity contribution in [2.45, 2.75) is 32.3 Å². The van der Waals surface area contributed by atoms with E-state index in [1.165, 1.54) is 11.3 Å². The monoisotopic (exact) mass is 472 g/mol. The maximum Gasteiger partial charge on any atom is 0.230 e. The van der Waals surface area contributed by atoms with Crippen LogP contribution in [0.3, 0.4) is 0 Å². The summed E-state index contributed by atoms with van der Waals surface area (Å²) in [4.78, 5) is 17.4. The largest absolute Gasteiger partial charge is 0.493 e. The fraction of sp³-hybridized carbons (Fsp3) is 0.333. The van der Waals surface area contributed by atoms with Crippen molar-refractivity contribution in [1.29, 1.82) is 0 Å². The SMILES string of the molecule is CCOc1ccccc1-c1nc(CC(=O)Nc2cc(Cl)ccc2OCC2CCCO2)cs1. The molecule has 2 aromatic carbocycles. The lowest BCUT2D eigenvalue weighted by Crippen LogP contribution is -2.19. The Hall–Kier alpha value is -2.61. The highest BCUT2D eigenvalue weighted by Crippen LogP contribution is 2.33.